The minimum atomic E-state index is 1.20. The van der Waals surface area contributed by atoms with Gasteiger partial charge in [-0.1, -0.05) is 30.3 Å². The molecule has 0 amide bonds. The predicted molar refractivity (Wildman–Crippen MR) is 65.1 cm³/mol. The largest absolute Gasteiger partial charge is 0.264 e. The van der Waals surface area contributed by atoms with Crippen LogP contribution in [0.25, 0.3) is 21.2 Å². The smallest absolute Gasteiger partial charge is 0.0436 e. The van der Waals surface area contributed by atoms with Gasteiger partial charge in [0.2, 0.25) is 0 Å². The van der Waals surface area contributed by atoms with Gasteiger partial charge in [0, 0.05) is 28.2 Å². The van der Waals surface area contributed by atoms with Crippen LogP contribution in [0.4, 0.5) is 0 Å². The molecular formula is C13H9NS. The lowest BCUT2D eigenvalue weighted by molar-refractivity contribution is 1.34. The Morgan fingerprint density at radius 3 is 2.80 bits per heavy atom. The second kappa shape index (κ2) is 3.48. The Morgan fingerprint density at radius 1 is 1.00 bits per heavy atom. The van der Waals surface area contributed by atoms with Crippen LogP contribution in [-0.4, -0.2) is 4.98 Å². The molecule has 2 heterocycles. The third-order valence-electron chi connectivity index (χ3n) is 2.43. The van der Waals surface area contributed by atoms with Crippen LogP contribution in [0.2, 0.25) is 0 Å². The zero-order valence-corrected chi connectivity index (χ0v) is 8.87. The molecule has 0 radical (unpaired) electrons. The Labute approximate surface area is 92.0 Å². The lowest BCUT2D eigenvalue weighted by Crippen LogP contribution is -1.75. The van der Waals surface area contributed by atoms with Crippen LogP contribution in [-0.2, 0) is 0 Å². The Hall–Kier alpha value is -1.67. The highest BCUT2D eigenvalue weighted by molar-refractivity contribution is 7.15. The number of fused-ring (bicyclic) bond motifs is 1. The highest BCUT2D eigenvalue weighted by Crippen LogP contribution is 2.33. The summed E-state index contributed by atoms with van der Waals surface area (Å²) in [5, 5.41) is 4.81. The van der Waals surface area contributed by atoms with Gasteiger partial charge in [0.25, 0.3) is 0 Å². The van der Waals surface area contributed by atoms with Crippen LogP contribution in [0.15, 0.2) is 54.2 Å². The summed E-state index contributed by atoms with van der Waals surface area (Å²) in [6.45, 7) is 0. The molecule has 0 aliphatic heterocycles. The van der Waals surface area contributed by atoms with Gasteiger partial charge in [-0.25, -0.2) is 0 Å². The first-order valence-corrected chi connectivity index (χ1v) is 5.70. The van der Waals surface area contributed by atoms with E-state index >= 15 is 0 Å². The van der Waals surface area contributed by atoms with E-state index in [2.05, 4.69) is 40.7 Å². The number of benzene rings is 1. The third-order valence-corrected chi connectivity index (χ3v) is 3.50. The zero-order chi connectivity index (χ0) is 10.1. The van der Waals surface area contributed by atoms with Gasteiger partial charge in [0.05, 0.1) is 0 Å². The fraction of sp³-hybridized carbons (Fsp3) is 0. The summed E-state index contributed by atoms with van der Waals surface area (Å²) in [6.07, 6.45) is 3.72. The molecule has 15 heavy (non-hydrogen) atoms. The molecule has 0 saturated heterocycles. The molecule has 0 atom stereocenters. The highest BCUT2D eigenvalue weighted by atomic mass is 32.1. The Morgan fingerprint density at radius 2 is 1.93 bits per heavy atom. The zero-order valence-electron chi connectivity index (χ0n) is 8.05. The molecule has 0 saturated carbocycles. The maximum atomic E-state index is 4.15. The fourth-order valence-electron chi connectivity index (χ4n) is 1.71. The van der Waals surface area contributed by atoms with E-state index in [1.165, 1.54) is 21.2 Å². The van der Waals surface area contributed by atoms with Crippen LogP contribution >= 0.6 is 11.3 Å². The molecule has 72 valence electrons. The Bertz CT molecular complexity index is 584. The van der Waals surface area contributed by atoms with Crippen molar-refractivity contribution < 1.29 is 0 Å². The van der Waals surface area contributed by atoms with Gasteiger partial charge >= 0.3 is 0 Å². The maximum absolute atomic E-state index is 4.15. The van der Waals surface area contributed by atoms with Crippen LogP contribution in [0.5, 0.6) is 0 Å². The Balaban J connectivity index is 2.28. The quantitative estimate of drug-likeness (QED) is 0.593. The summed E-state index contributed by atoms with van der Waals surface area (Å²) in [7, 11) is 0. The van der Waals surface area contributed by atoms with Crippen LogP contribution in [0.1, 0.15) is 0 Å². The fourth-order valence-corrected chi connectivity index (χ4v) is 2.73. The number of pyridine rings is 1. The summed E-state index contributed by atoms with van der Waals surface area (Å²) >= 11 is 1.78. The predicted octanol–water partition coefficient (Wildman–Crippen LogP) is 3.96. The van der Waals surface area contributed by atoms with E-state index in [9.17, 15) is 0 Å². The summed E-state index contributed by atoms with van der Waals surface area (Å²) < 4.78 is 0. The first-order chi connectivity index (χ1) is 7.45. The number of hydrogen-bond acceptors (Lipinski definition) is 2. The van der Waals surface area contributed by atoms with Crippen molar-refractivity contribution in [2.75, 3.05) is 0 Å². The average Bonchev–Trinajstić information content (AvgIpc) is 2.74. The molecule has 1 aromatic carbocycles. The van der Waals surface area contributed by atoms with Gasteiger partial charge in [-0.15, -0.1) is 11.3 Å². The van der Waals surface area contributed by atoms with Gasteiger partial charge in [-0.2, -0.15) is 0 Å². The third kappa shape index (κ3) is 1.43. The molecule has 0 aliphatic rings. The molecule has 3 aromatic rings. The van der Waals surface area contributed by atoms with Crippen LogP contribution < -0.4 is 0 Å². The van der Waals surface area contributed by atoms with Crippen molar-refractivity contribution >= 4 is 22.1 Å². The summed E-state index contributed by atoms with van der Waals surface area (Å²) in [4.78, 5) is 5.46. The normalized spacial score (nSPS) is 10.7. The number of thiophene rings is 1. The van der Waals surface area contributed by atoms with Gasteiger partial charge < -0.3 is 0 Å². The van der Waals surface area contributed by atoms with Crippen molar-refractivity contribution in [1.29, 1.82) is 0 Å². The monoisotopic (exact) mass is 211 g/mol. The number of hydrogen-bond donors (Lipinski definition) is 0. The number of rotatable bonds is 1. The molecule has 1 nitrogen and oxygen atoms in total. The van der Waals surface area contributed by atoms with E-state index in [4.69, 9.17) is 0 Å². The number of nitrogens with zero attached hydrogens (tertiary/aromatic N) is 1. The molecule has 2 aromatic heterocycles. The van der Waals surface area contributed by atoms with Gasteiger partial charge in [-0.05, 0) is 16.8 Å². The number of aromatic nitrogens is 1. The lowest BCUT2D eigenvalue weighted by atomic mass is 10.1. The minimum absolute atomic E-state index is 1.20. The molecule has 0 fully saturated rings. The van der Waals surface area contributed by atoms with Crippen molar-refractivity contribution in [3.63, 3.8) is 0 Å². The van der Waals surface area contributed by atoms with E-state index in [1.54, 1.807) is 17.5 Å². The van der Waals surface area contributed by atoms with Crippen molar-refractivity contribution in [1.82, 2.24) is 4.98 Å². The average molecular weight is 211 g/mol. The second-order valence-electron chi connectivity index (χ2n) is 3.39. The Kier molecular flexibility index (Phi) is 2.00. The van der Waals surface area contributed by atoms with Crippen molar-refractivity contribution in [3.05, 3.63) is 54.2 Å². The first-order valence-electron chi connectivity index (χ1n) is 4.82. The van der Waals surface area contributed by atoms with Crippen molar-refractivity contribution in [2.24, 2.45) is 0 Å². The van der Waals surface area contributed by atoms with E-state index < -0.39 is 0 Å². The SMILES string of the molecule is c1cncc(-c2scc3ccccc23)c1. The molecule has 0 bridgehead atoms. The summed E-state index contributed by atoms with van der Waals surface area (Å²) in [5.74, 6) is 0. The van der Waals surface area contributed by atoms with Crippen molar-refractivity contribution in [3.8, 4) is 10.4 Å². The molecule has 3 rings (SSSR count). The highest BCUT2D eigenvalue weighted by Gasteiger charge is 2.04. The van der Waals surface area contributed by atoms with E-state index in [0.29, 0.717) is 0 Å². The van der Waals surface area contributed by atoms with Gasteiger partial charge in [0.1, 0.15) is 0 Å². The summed E-state index contributed by atoms with van der Waals surface area (Å²) in [6, 6.07) is 12.5. The molecule has 0 N–H and O–H groups in total. The maximum Gasteiger partial charge on any atom is 0.0436 e. The van der Waals surface area contributed by atoms with Crippen LogP contribution in [0.3, 0.4) is 0 Å². The molecule has 2 heteroatoms. The van der Waals surface area contributed by atoms with E-state index in [-0.39, 0.29) is 0 Å². The molecule has 0 aliphatic carbocycles. The lowest BCUT2D eigenvalue weighted by Gasteiger charge is -1.97. The van der Waals surface area contributed by atoms with E-state index in [1.807, 2.05) is 12.3 Å². The minimum Gasteiger partial charge on any atom is -0.264 e. The summed E-state index contributed by atoms with van der Waals surface area (Å²) in [5.41, 5.74) is 1.20. The molecule has 0 spiro atoms. The van der Waals surface area contributed by atoms with Gasteiger partial charge in [0.15, 0.2) is 0 Å². The van der Waals surface area contributed by atoms with Gasteiger partial charge in [-0.3, -0.25) is 4.98 Å². The first kappa shape index (κ1) is 8.62. The molecule has 0 unspecified atom stereocenters. The molecular weight excluding hydrogens is 202 g/mol. The standard InChI is InChI=1S/C13H9NS/c1-2-6-12-11(4-1)9-15-13(12)10-5-3-7-14-8-10/h1-9H. The van der Waals surface area contributed by atoms with Crippen LogP contribution in [0, 0.1) is 0 Å². The topological polar surface area (TPSA) is 12.9 Å². The van der Waals surface area contributed by atoms with E-state index in [0.717, 1.165) is 0 Å². The van der Waals surface area contributed by atoms with Crippen molar-refractivity contribution in [2.45, 2.75) is 0 Å². The second-order valence-corrected chi connectivity index (χ2v) is 4.27.